The van der Waals surface area contributed by atoms with Crippen molar-refractivity contribution in [3.05, 3.63) is 240 Å². The third kappa shape index (κ3) is 5.90. The highest BCUT2D eigenvalue weighted by atomic mass is 15.0. The Labute approximate surface area is 332 Å². The number of fused-ring (bicyclic) bond motifs is 3. The molecule has 9 aromatic rings. The molecule has 0 atom stereocenters. The maximum absolute atomic E-state index is 7.86. The Bertz CT molecular complexity index is 2880. The summed E-state index contributed by atoms with van der Waals surface area (Å²) in [4.78, 5) is 18.8. The zero-order valence-corrected chi connectivity index (χ0v) is 30.9. The van der Waals surface area contributed by atoms with E-state index >= 15 is 0 Å². The molecule has 0 unspecified atom stereocenters. The third-order valence-electron chi connectivity index (χ3n) is 11.1. The number of nitrogens with zero attached hydrogens (tertiary/aromatic N) is 4. The van der Waals surface area contributed by atoms with Gasteiger partial charge in [0.25, 0.3) is 0 Å². The highest BCUT2D eigenvalue weighted by Gasteiger charge is 2.46. The predicted molar refractivity (Wildman–Crippen MR) is 231 cm³/mol. The van der Waals surface area contributed by atoms with Crippen molar-refractivity contribution in [2.24, 2.45) is 0 Å². The molecule has 0 spiro atoms. The van der Waals surface area contributed by atoms with E-state index in [0.29, 0.717) is 23.2 Å². The smallest absolute Gasteiger partial charge is 0.187 e. The standard InChI is InChI=1S/C53H34N4/c1-54-45-31-33-49-47(35-45)46-34-42(30-32-48(46)53(49,43-18-10-4-11-19-43)44-20-12-5-13-21-44)38-24-28-41(29-25-38)52-56-50(39-16-8-3-9-17-39)55-51(57-52)40-26-22-37(23-27-40)36-14-6-2-7-15-36/h2-35H. The molecule has 10 rings (SSSR count). The zero-order chi connectivity index (χ0) is 38.2. The molecule has 1 aromatic heterocycles. The van der Waals surface area contributed by atoms with Crippen LogP contribution in [0.5, 0.6) is 0 Å². The van der Waals surface area contributed by atoms with E-state index in [-0.39, 0.29) is 0 Å². The summed E-state index contributed by atoms with van der Waals surface area (Å²) in [6.45, 7) is 7.86. The fraction of sp³-hybridized carbons (Fsp3) is 0.0189. The summed E-state index contributed by atoms with van der Waals surface area (Å²) in [5.41, 5.74) is 14.4. The Morgan fingerprint density at radius 2 is 0.684 bits per heavy atom. The summed E-state index contributed by atoms with van der Waals surface area (Å²) in [7, 11) is 0. The maximum atomic E-state index is 7.86. The van der Waals surface area contributed by atoms with Crippen LogP contribution in [0, 0.1) is 6.57 Å². The lowest BCUT2D eigenvalue weighted by Gasteiger charge is -2.34. The summed E-state index contributed by atoms with van der Waals surface area (Å²) in [6, 6.07) is 71.7. The van der Waals surface area contributed by atoms with Crippen LogP contribution in [0.3, 0.4) is 0 Å². The minimum Gasteiger partial charge on any atom is -0.238 e. The van der Waals surface area contributed by atoms with Gasteiger partial charge in [-0.15, -0.1) is 0 Å². The van der Waals surface area contributed by atoms with E-state index in [0.717, 1.165) is 50.1 Å². The summed E-state index contributed by atoms with van der Waals surface area (Å²) < 4.78 is 0. The first kappa shape index (κ1) is 33.8. The Balaban J connectivity index is 1.06. The molecule has 1 aliphatic carbocycles. The second kappa shape index (κ2) is 14.2. The summed E-state index contributed by atoms with van der Waals surface area (Å²) in [6.07, 6.45) is 0. The number of rotatable bonds is 7. The lowest BCUT2D eigenvalue weighted by Crippen LogP contribution is -2.28. The van der Waals surface area contributed by atoms with E-state index in [1.54, 1.807) is 0 Å². The molecule has 57 heavy (non-hydrogen) atoms. The van der Waals surface area contributed by atoms with E-state index in [1.807, 2.05) is 42.5 Å². The van der Waals surface area contributed by atoms with Crippen molar-refractivity contribution in [2.75, 3.05) is 0 Å². The quantitative estimate of drug-likeness (QED) is 0.154. The van der Waals surface area contributed by atoms with E-state index in [2.05, 4.69) is 169 Å². The SMILES string of the molecule is [C-]#[N+]c1ccc2c(c1)-c1cc(-c3ccc(-c4nc(-c5ccccc5)nc(-c5ccc(-c6ccccc6)cc5)n4)cc3)ccc1C2(c1ccccc1)c1ccccc1. The molecule has 0 N–H and O–H groups in total. The highest BCUT2D eigenvalue weighted by molar-refractivity contribution is 5.90. The molecular formula is C53H34N4. The van der Waals surface area contributed by atoms with Crippen molar-refractivity contribution < 1.29 is 0 Å². The summed E-state index contributed by atoms with van der Waals surface area (Å²) in [5.74, 6) is 1.87. The summed E-state index contributed by atoms with van der Waals surface area (Å²) >= 11 is 0. The number of hydrogen-bond donors (Lipinski definition) is 0. The van der Waals surface area contributed by atoms with Crippen LogP contribution >= 0.6 is 0 Å². The van der Waals surface area contributed by atoms with Crippen molar-refractivity contribution in [3.8, 4) is 67.5 Å². The lowest BCUT2D eigenvalue weighted by molar-refractivity contribution is 0.768. The molecule has 0 fully saturated rings. The third-order valence-corrected chi connectivity index (χ3v) is 11.1. The minimum absolute atomic E-state index is 0.523. The molecule has 4 heteroatoms. The molecule has 1 aliphatic rings. The van der Waals surface area contributed by atoms with Gasteiger partial charge in [0.2, 0.25) is 0 Å². The Hall–Kier alpha value is -7.74. The number of benzene rings is 8. The van der Waals surface area contributed by atoms with Gasteiger partial charge in [0.1, 0.15) is 0 Å². The van der Waals surface area contributed by atoms with Crippen molar-refractivity contribution in [3.63, 3.8) is 0 Å². The van der Waals surface area contributed by atoms with Gasteiger partial charge in [0, 0.05) is 16.7 Å². The first-order chi connectivity index (χ1) is 28.2. The molecule has 0 bridgehead atoms. The van der Waals surface area contributed by atoms with Crippen molar-refractivity contribution >= 4 is 5.69 Å². The predicted octanol–water partition coefficient (Wildman–Crippen LogP) is 13.1. The molecular weight excluding hydrogens is 693 g/mol. The molecule has 266 valence electrons. The molecule has 0 radical (unpaired) electrons. The molecule has 1 heterocycles. The van der Waals surface area contributed by atoms with Gasteiger partial charge in [-0.1, -0.05) is 194 Å². The van der Waals surface area contributed by atoms with Crippen molar-refractivity contribution in [2.45, 2.75) is 5.41 Å². The van der Waals surface area contributed by atoms with Crippen molar-refractivity contribution in [1.82, 2.24) is 15.0 Å². The Morgan fingerprint density at radius 3 is 1.18 bits per heavy atom. The number of hydrogen-bond acceptors (Lipinski definition) is 3. The van der Waals surface area contributed by atoms with Crippen LogP contribution in [0.15, 0.2) is 206 Å². The van der Waals surface area contributed by atoms with Gasteiger partial charge in [0.15, 0.2) is 23.2 Å². The molecule has 4 nitrogen and oxygen atoms in total. The average Bonchev–Trinajstić information content (AvgIpc) is 3.60. The largest absolute Gasteiger partial charge is 0.238 e. The van der Waals surface area contributed by atoms with Crippen LogP contribution < -0.4 is 0 Å². The van der Waals surface area contributed by atoms with Gasteiger partial charge in [-0.3, -0.25) is 0 Å². The van der Waals surface area contributed by atoms with Crippen molar-refractivity contribution in [1.29, 1.82) is 0 Å². The van der Waals surface area contributed by atoms with E-state index in [9.17, 15) is 0 Å². The zero-order valence-electron chi connectivity index (χ0n) is 30.9. The molecule has 0 aliphatic heterocycles. The number of aromatic nitrogens is 3. The summed E-state index contributed by atoms with van der Waals surface area (Å²) in [5, 5.41) is 0. The Kier molecular flexibility index (Phi) is 8.39. The van der Waals surface area contributed by atoms with Gasteiger partial charge in [-0.05, 0) is 67.8 Å². The van der Waals surface area contributed by atoms with Crippen LogP contribution in [0.25, 0.3) is 72.4 Å². The molecule has 0 saturated heterocycles. The van der Waals surface area contributed by atoms with Crippen LogP contribution in [-0.2, 0) is 5.41 Å². The normalized spacial score (nSPS) is 12.3. The van der Waals surface area contributed by atoms with E-state index in [1.165, 1.54) is 22.3 Å². The second-order valence-corrected chi connectivity index (χ2v) is 14.3. The fourth-order valence-electron chi connectivity index (χ4n) is 8.34. The monoisotopic (exact) mass is 726 g/mol. The first-order valence-electron chi connectivity index (χ1n) is 19.1. The second-order valence-electron chi connectivity index (χ2n) is 14.3. The molecule has 8 aromatic carbocycles. The van der Waals surface area contributed by atoms with Crippen LogP contribution in [0.2, 0.25) is 0 Å². The van der Waals surface area contributed by atoms with Gasteiger partial charge in [-0.25, -0.2) is 19.8 Å². The average molecular weight is 727 g/mol. The molecule has 0 saturated carbocycles. The van der Waals surface area contributed by atoms with Gasteiger partial charge >= 0.3 is 0 Å². The maximum Gasteiger partial charge on any atom is 0.187 e. The first-order valence-corrected chi connectivity index (χ1v) is 19.1. The van der Waals surface area contributed by atoms with E-state index in [4.69, 9.17) is 21.5 Å². The van der Waals surface area contributed by atoms with Crippen LogP contribution in [-0.4, -0.2) is 15.0 Å². The van der Waals surface area contributed by atoms with Gasteiger partial charge < -0.3 is 0 Å². The fourth-order valence-corrected chi connectivity index (χ4v) is 8.34. The van der Waals surface area contributed by atoms with E-state index < -0.39 is 5.41 Å². The highest BCUT2D eigenvalue weighted by Crippen LogP contribution is 2.57. The van der Waals surface area contributed by atoms with Crippen LogP contribution in [0.1, 0.15) is 22.3 Å². The minimum atomic E-state index is -0.523. The van der Waals surface area contributed by atoms with Crippen LogP contribution in [0.4, 0.5) is 5.69 Å². The topological polar surface area (TPSA) is 43.0 Å². The Morgan fingerprint density at radius 1 is 0.333 bits per heavy atom. The lowest BCUT2D eigenvalue weighted by atomic mass is 9.67. The van der Waals surface area contributed by atoms with Gasteiger partial charge in [0.05, 0.1) is 12.0 Å². The molecule has 0 amide bonds. The van der Waals surface area contributed by atoms with Gasteiger partial charge in [-0.2, -0.15) is 0 Å².